The van der Waals surface area contributed by atoms with Crippen LogP contribution >= 0.6 is 23.2 Å². The zero-order valence-corrected chi connectivity index (χ0v) is 12.2. The Morgan fingerprint density at radius 2 is 1.47 bits per heavy atom. The largest absolute Gasteiger partial charge is 0.399 e. The number of anilines is 1. The van der Waals surface area contributed by atoms with Crippen LogP contribution in [0.25, 0.3) is 0 Å². The molecule has 0 radical (unpaired) electrons. The van der Waals surface area contributed by atoms with E-state index in [1.807, 2.05) is 42.5 Å². The fourth-order valence-corrected chi connectivity index (χ4v) is 2.26. The second-order valence-corrected chi connectivity index (χ2v) is 5.48. The highest BCUT2D eigenvalue weighted by Gasteiger charge is 2.04. The standard InChI is InChI=1S/C15H16Cl2N2/c1-19(9-11-2-5-13(18)6-3-11)10-12-4-7-14(16)15(17)8-12/h2-8H,9-10,18H2,1H3. The van der Waals surface area contributed by atoms with E-state index in [-0.39, 0.29) is 0 Å². The van der Waals surface area contributed by atoms with E-state index in [2.05, 4.69) is 11.9 Å². The molecule has 0 aliphatic heterocycles. The molecule has 0 amide bonds. The van der Waals surface area contributed by atoms with Crippen LogP contribution in [0.4, 0.5) is 5.69 Å². The van der Waals surface area contributed by atoms with Gasteiger partial charge in [-0.15, -0.1) is 0 Å². The molecule has 0 aromatic heterocycles. The van der Waals surface area contributed by atoms with Gasteiger partial charge in [-0.25, -0.2) is 0 Å². The minimum Gasteiger partial charge on any atom is -0.399 e. The molecule has 2 aromatic rings. The summed E-state index contributed by atoms with van der Waals surface area (Å²) in [6.07, 6.45) is 0. The van der Waals surface area contributed by atoms with Gasteiger partial charge >= 0.3 is 0 Å². The van der Waals surface area contributed by atoms with E-state index in [0.717, 1.165) is 24.3 Å². The third-order valence-electron chi connectivity index (χ3n) is 2.87. The minimum absolute atomic E-state index is 0.589. The van der Waals surface area contributed by atoms with Crippen LogP contribution in [-0.4, -0.2) is 11.9 Å². The molecular formula is C15H16Cl2N2. The second-order valence-electron chi connectivity index (χ2n) is 4.66. The van der Waals surface area contributed by atoms with Gasteiger partial charge in [-0.3, -0.25) is 4.90 Å². The normalized spacial score (nSPS) is 10.9. The Kier molecular flexibility index (Phi) is 4.70. The average Bonchev–Trinajstić information content (AvgIpc) is 2.37. The number of halogens is 2. The molecule has 2 nitrogen and oxygen atoms in total. The first-order chi connectivity index (χ1) is 9.04. The molecule has 0 heterocycles. The summed E-state index contributed by atoms with van der Waals surface area (Å²) in [7, 11) is 2.07. The van der Waals surface area contributed by atoms with Crippen molar-refractivity contribution in [2.75, 3.05) is 12.8 Å². The van der Waals surface area contributed by atoms with Gasteiger partial charge in [0.05, 0.1) is 10.0 Å². The molecule has 100 valence electrons. The molecule has 0 spiro atoms. The van der Waals surface area contributed by atoms with Crippen molar-refractivity contribution in [2.45, 2.75) is 13.1 Å². The third kappa shape index (κ3) is 4.13. The van der Waals surface area contributed by atoms with Gasteiger partial charge in [0.25, 0.3) is 0 Å². The van der Waals surface area contributed by atoms with E-state index in [1.165, 1.54) is 5.56 Å². The van der Waals surface area contributed by atoms with Crippen LogP contribution in [0.5, 0.6) is 0 Å². The Morgan fingerprint density at radius 1 is 0.895 bits per heavy atom. The lowest BCUT2D eigenvalue weighted by atomic mass is 10.1. The zero-order chi connectivity index (χ0) is 13.8. The van der Waals surface area contributed by atoms with E-state index in [1.54, 1.807) is 0 Å². The van der Waals surface area contributed by atoms with Crippen LogP contribution in [0.3, 0.4) is 0 Å². The van der Waals surface area contributed by atoms with Crippen molar-refractivity contribution in [3.05, 3.63) is 63.6 Å². The summed E-state index contributed by atoms with van der Waals surface area (Å²) < 4.78 is 0. The number of nitrogen functional groups attached to an aromatic ring is 1. The fourth-order valence-electron chi connectivity index (χ4n) is 1.94. The molecule has 2 rings (SSSR count). The summed E-state index contributed by atoms with van der Waals surface area (Å²) in [4.78, 5) is 2.21. The molecular weight excluding hydrogens is 279 g/mol. The van der Waals surface area contributed by atoms with Crippen molar-refractivity contribution in [1.29, 1.82) is 0 Å². The van der Waals surface area contributed by atoms with Crippen LogP contribution in [0.15, 0.2) is 42.5 Å². The summed E-state index contributed by atoms with van der Waals surface area (Å²) in [5.41, 5.74) is 8.84. The van der Waals surface area contributed by atoms with E-state index in [4.69, 9.17) is 28.9 Å². The predicted octanol–water partition coefficient (Wildman–Crippen LogP) is 4.21. The Bertz CT molecular complexity index is 553. The lowest BCUT2D eigenvalue weighted by Crippen LogP contribution is -2.17. The molecule has 2 N–H and O–H groups in total. The highest BCUT2D eigenvalue weighted by atomic mass is 35.5. The number of benzene rings is 2. The Hall–Kier alpha value is -1.22. The monoisotopic (exact) mass is 294 g/mol. The van der Waals surface area contributed by atoms with E-state index >= 15 is 0 Å². The highest BCUT2D eigenvalue weighted by molar-refractivity contribution is 6.42. The highest BCUT2D eigenvalue weighted by Crippen LogP contribution is 2.23. The van der Waals surface area contributed by atoms with Crippen LogP contribution in [0, 0.1) is 0 Å². The van der Waals surface area contributed by atoms with Crippen molar-refractivity contribution in [3.8, 4) is 0 Å². The molecule has 0 fully saturated rings. The Labute approximate surface area is 123 Å². The Morgan fingerprint density at radius 3 is 2.11 bits per heavy atom. The van der Waals surface area contributed by atoms with Crippen molar-refractivity contribution in [2.24, 2.45) is 0 Å². The summed E-state index contributed by atoms with van der Waals surface area (Å²) >= 11 is 11.9. The summed E-state index contributed by atoms with van der Waals surface area (Å²) in [6.45, 7) is 1.68. The van der Waals surface area contributed by atoms with Crippen molar-refractivity contribution >= 4 is 28.9 Å². The quantitative estimate of drug-likeness (QED) is 0.856. The van der Waals surface area contributed by atoms with E-state index in [9.17, 15) is 0 Å². The first-order valence-corrected chi connectivity index (χ1v) is 6.77. The lowest BCUT2D eigenvalue weighted by Gasteiger charge is -2.17. The van der Waals surface area contributed by atoms with E-state index < -0.39 is 0 Å². The number of rotatable bonds is 4. The maximum Gasteiger partial charge on any atom is 0.0595 e. The van der Waals surface area contributed by atoms with Crippen molar-refractivity contribution in [3.63, 3.8) is 0 Å². The number of hydrogen-bond acceptors (Lipinski definition) is 2. The molecule has 2 aromatic carbocycles. The van der Waals surface area contributed by atoms with Gasteiger partial charge in [0.2, 0.25) is 0 Å². The Balaban J connectivity index is 1.98. The minimum atomic E-state index is 0.589. The molecule has 0 bridgehead atoms. The fraction of sp³-hybridized carbons (Fsp3) is 0.200. The zero-order valence-electron chi connectivity index (χ0n) is 10.7. The number of nitrogens with two attached hydrogens (primary N) is 1. The van der Waals surface area contributed by atoms with Gasteiger partial charge in [-0.2, -0.15) is 0 Å². The number of nitrogens with zero attached hydrogens (tertiary/aromatic N) is 1. The molecule has 19 heavy (non-hydrogen) atoms. The summed E-state index contributed by atoms with van der Waals surface area (Å²) in [5, 5.41) is 1.19. The average molecular weight is 295 g/mol. The maximum absolute atomic E-state index is 6.01. The first-order valence-electron chi connectivity index (χ1n) is 6.01. The van der Waals surface area contributed by atoms with Gasteiger partial charge in [0.15, 0.2) is 0 Å². The molecule has 0 aliphatic rings. The molecule has 0 atom stereocenters. The smallest absolute Gasteiger partial charge is 0.0595 e. The van der Waals surface area contributed by atoms with Crippen LogP contribution in [0.1, 0.15) is 11.1 Å². The van der Waals surface area contributed by atoms with Gasteiger partial charge in [-0.05, 0) is 42.4 Å². The van der Waals surface area contributed by atoms with E-state index in [0.29, 0.717) is 10.0 Å². The first kappa shape index (κ1) is 14.2. The van der Waals surface area contributed by atoms with Crippen LogP contribution in [-0.2, 0) is 13.1 Å². The summed E-state index contributed by atoms with van der Waals surface area (Å²) in [5.74, 6) is 0. The van der Waals surface area contributed by atoms with Crippen LogP contribution in [0.2, 0.25) is 10.0 Å². The van der Waals surface area contributed by atoms with Gasteiger partial charge in [-0.1, -0.05) is 41.4 Å². The number of hydrogen-bond donors (Lipinski definition) is 1. The third-order valence-corrected chi connectivity index (χ3v) is 3.61. The summed E-state index contributed by atoms with van der Waals surface area (Å²) in [6, 6.07) is 13.7. The molecule has 0 unspecified atom stereocenters. The second kappa shape index (κ2) is 6.29. The van der Waals surface area contributed by atoms with Gasteiger partial charge < -0.3 is 5.73 Å². The van der Waals surface area contributed by atoms with Gasteiger partial charge in [0, 0.05) is 18.8 Å². The molecule has 4 heteroatoms. The molecule has 0 aliphatic carbocycles. The molecule has 0 saturated carbocycles. The SMILES string of the molecule is CN(Cc1ccc(N)cc1)Cc1ccc(Cl)c(Cl)c1. The predicted molar refractivity (Wildman–Crippen MR) is 82.5 cm³/mol. The topological polar surface area (TPSA) is 29.3 Å². The van der Waals surface area contributed by atoms with Gasteiger partial charge in [0.1, 0.15) is 0 Å². The lowest BCUT2D eigenvalue weighted by molar-refractivity contribution is 0.319. The van der Waals surface area contributed by atoms with Crippen molar-refractivity contribution in [1.82, 2.24) is 4.90 Å². The van der Waals surface area contributed by atoms with Crippen LogP contribution < -0.4 is 5.73 Å². The van der Waals surface area contributed by atoms with Crippen molar-refractivity contribution < 1.29 is 0 Å². The molecule has 0 saturated heterocycles. The maximum atomic E-state index is 6.01.